The molecule has 1 amide bonds. The quantitative estimate of drug-likeness (QED) is 0.337. The molecule has 4 rings (SSSR count). The monoisotopic (exact) mass is 506 g/mol. The van der Waals surface area contributed by atoms with Crippen molar-refractivity contribution in [3.05, 3.63) is 64.5 Å². The molecule has 1 unspecified atom stereocenters. The third-order valence-electron chi connectivity index (χ3n) is 7.00. The first-order valence-electron chi connectivity index (χ1n) is 12.6. The number of hydrogen-bond donors (Lipinski definition) is 0. The summed E-state index contributed by atoms with van der Waals surface area (Å²) in [6.45, 7) is 5.19. The maximum absolute atomic E-state index is 13.6. The number of ether oxygens (including phenoxy) is 2. The van der Waals surface area contributed by atoms with Gasteiger partial charge in [0.1, 0.15) is 11.6 Å². The van der Waals surface area contributed by atoms with Crippen molar-refractivity contribution in [2.45, 2.75) is 32.7 Å². The Labute approximate surface area is 216 Å². The number of amides is 1. The maximum atomic E-state index is 13.6. The number of piperidine rings is 1. The van der Waals surface area contributed by atoms with Gasteiger partial charge < -0.3 is 23.7 Å². The minimum Gasteiger partial charge on any atom is -0.466 e. The molecular formula is C29H34N2O6. The molecule has 0 bridgehead atoms. The van der Waals surface area contributed by atoms with Crippen LogP contribution >= 0.6 is 0 Å². The summed E-state index contributed by atoms with van der Waals surface area (Å²) < 4.78 is 16.2. The van der Waals surface area contributed by atoms with E-state index in [9.17, 15) is 14.4 Å². The lowest BCUT2D eigenvalue weighted by atomic mass is 9.97. The highest BCUT2D eigenvalue weighted by Crippen LogP contribution is 2.32. The Hall–Kier alpha value is -3.65. The normalized spacial score (nSPS) is 16.4. The number of carbonyl (C=O) groups excluding carboxylic acids is 2. The largest absolute Gasteiger partial charge is 0.466 e. The van der Waals surface area contributed by atoms with Gasteiger partial charge in [-0.25, -0.2) is 4.79 Å². The van der Waals surface area contributed by atoms with Crippen LogP contribution in [0.15, 0.2) is 57.7 Å². The van der Waals surface area contributed by atoms with Crippen molar-refractivity contribution < 1.29 is 23.5 Å². The summed E-state index contributed by atoms with van der Waals surface area (Å²) in [5, 5.41) is 0.814. The van der Waals surface area contributed by atoms with E-state index >= 15 is 0 Å². The van der Waals surface area contributed by atoms with Crippen LogP contribution in [-0.4, -0.2) is 63.3 Å². The first-order valence-corrected chi connectivity index (χ1v) is 12.6. The summed E-state index contributed by atoms with van der Waals surface area (Å²) >= 11 is 0. The van der Waals surface area contributed by atoms with Gasteiger partial charge in [-0.1, -0.05) is 24.3 Å². The number of likely N-dealkylation sites (N-methyl/N-ethyl adjacent to an activating group) is 1. The molecule has 196 valence electrons. The van der Waals surface area contributed by atoms with E-state index in [0.29, 0.717) is 37.4 Å². The van der Waals surface area contributed by atoms with Crippen molar-refractivity contribution in [1.29, 1.82) is 0 Å². The Kier molecular flexibility index (Phi) is 8.28. The fourth-order valence-electron chi connectivity index (χ4n) is 5.00. The van der Waals surface area contributed by atoms with Crippen LogP contribution in [0, 0.1) is 12.8 Å². The van der Waals surface area contributed by atoms with Gasteiger partial charge in [0.05, 0.1) is 19.1 Å². The second kappa shape index (κ2) is 11.6. The highest BCUT2D eigenvalue weighted by atomic mass is 16.5. The van der Waals surface area contributed by atoms with E-state index in [1.54, 1.807) is 25.0 Å². The van der Waals surface area contributed by atoms with Crippen LogP contribution in [0.1, 0.15) is 25.3 Å². The van der Waals surface area contributed by atoms with Crippen molar-refractivity contribution in [2.75, 3.05) is 45.4 Å². The van der Waals surface area contributed by atoms with Crippen molar-refractivity contribution in [3.8, 4) is 11.1 Å². The molecule has 37 heavy (non-hydrogen) atoms. The van der Waals surface area contributed by atoms with E-state index in [1.807, 2.05) is 55.3 Å². The van der Waals surface area contributed by atoms with Crippen LogP contribution in [-0.2, 0) is 19.1 Å². The molecule has 1 aliphatic rings. The molecule has 8 heteroatoms. The molecule has 8 nitrogen and oxygen atoms in total. The fraction of sp³-hybridized carbons (Fsp3) is 0.414. The van der Waals surface area contributed by atoms with E-state index in [1.165, 1.54) is 6.07 Å². The minimum atomic E-state index is -0.616. The number of fused-ring (bicyclic) bond motifs is 1. The molecule has 0 saturated carbocycles. The Morgan fingerprint density at radius 3 is 2.68 bits per heavy atom. The van der Waals surface area contributed by atoms with Crippen LogP contribution < -0.4 is 10.5 Å². The number of methoxy groups -OCH3 is 1. The van der Waals surface area contributed by atoms with Crippen LogP contribution in [0.3, 0.4) is 0 Å². The third-order valence-corrected chi connectivity index (χ3v) is 7.00. The number of carbonyl (C=O) groups is 2. The standard InChI is InChI=1S/C29H34N2O6/c1-5-36-29(34)20-10-8-14-31(17-20)28(33)25(18-35-4)30(3)21-12-13-23-24(16-27(32)37-26(23)15-21)22-11-7-6-9-19(22)2/h6-7,9,11-13,15-16,20,25H,5,8,10,14,17-18H2,1-4H3/t20-,25?/m0/s1. The number of anilines is 1. The van der Waals surface area contributed by atoms with Gasteiger partial charge in [0, 0.05) is 56.0 Å². The number of nitrogens with zero attached hydrogens (tertiary/aromatic N) is 2. The SMILES string of the molecule is CCOC(=O)[C@H]1CCCN(C(=O)C(COC)N(C)c2ccc3c(-c4ccccc4C)cc(=O)oc3c2)C1. The molecule has 0 N–H and O–H groups in total. The molecule has 3 aromatic rings. The highest BCUT2D eigenvalue weighted by molar-refractivity contribution is 5.96. The van der Waals surface area contributed by atoms with Gasteiger partial charge in [-0.3, -0.25) is 9.59 Å². The summed E-state index contributed by atoms with van der Waals surface area (Å²) in [4.78, 5) is 41.9. The van der Waals surface area contributed by atoms with Crippen LogP contribution in [0.5, 0.6) is 0 Å². The van der Waals surface area contributed by atoms with E-state index < -0.39 is 11.7 Å². The summed E-state index contributed by atoms with van der Waals surface area (Å²) in [7, 11) is 3.37. The van der Waals surface area contributed by atoms with Crippen LogP contribution in [0.2, 0.25) is 0 Å². The van der Waals surface area contributed by atoms with E-state index in [0.717, 1.165) is 28.5 Å². The second-order valence-corrected chi connectivity index (χ2v) is 9.43. The molecule has 1 aromatic heterocycles. The van der Waals surface area contributed by atoms with Gasteiger partial charge >= 0.3 is 11.6 Å². The zero-order chi connectivity index (χ0) is 26.5. The van der Waals surface area contributed by atoms with Gasteiger partial charge in [-0.15, -0.1) is 0 Å². The average Bonchev–Trinajstić information content (AvgIpc) is 2.90. The van der Waals surface area contributed by atoms with E-state index in [2.05, 4.69) is 0 Å². The predicted octanol–water partition coefficient (Wildman–Crippen LogP) is 4.02. The zero-order valence-corrected chi connectivity index (χ0v) is 21.9. The van der Waals surface area contributed by atoms with Gasteiger partial charge in [0.25, 0.3) is 0 Å². The van der Waals surface area contributed by atoms with Crippen molar-refractivity contribution in [2.24, 2.45) is 5.92 Å². The van der Waals surface area contributed by atoms with Gasteiger partial charge in [0.2, 0.25) is 5.91 Å². The Morgan fingerprint density at radius 2 is 1.95 bits per heavy atom. The molecule has 2 atom stereocenters. The second-order valence-electron chi connectivity index (χ2n) is 9.43. The molecule has 1 saturated heterocycles. The molecule has 2 aromatic carbocycles. The number of esters is 1. The van der Waals surface area contributed by atoms with E-state index in [4.69, 9.17) is 13.9 Å². The molecule has 1 aliphatic heterocycles. The molecular weight excluding hydrogens is 472 g/mol. The van der Waals surface area contributed by atoms with Gasteiger partial charge in [0.15, 0.2) is 0 Å². The molecule has 2 heterocycles. The minimum absolute atomic E-state index is 0.117. The first-order chi connectivity index (χ1) is 17.8. The van der Waals surface area contributed by atoms with Crippen LogP contribution in [0.25, 0.3) is 22.1 Å². The van der Waals surface area contributed by atoms with Crippen molar-refractivity contribution >= 4 is 28.5 Å². The predicted molar refractivity (Wildman–Crippen MR) is 143 cm³/mol. The lowest BCUT2D eigenvalue weighted by Crippen LogP contribution is -2.53. The number of benzene rings is 2. The fourth-order valence-corrected chi connectivity index (χ4v) is 5.00. The number of likely N-dealkylation sites (tertiary alicyclic amines) is 1. The van der Waals surface area contributed by atoms with Gasteiger partial charge in [-0.2, -0.15) is 0 Å². The smallest absolute Gasteiger partial charge is 0.336 e. The topological polar surface area (TPSA) is 89.3 Å². The first kappa shape index (κ1) is 26.4. The summed E-state index contributed by atoms with van der Waals surface area (Å²) in [6, 6.07) is 14.4. The molecule has 0 spiro atoms. The summed E-state index contributed by atoms with van der Waals surface area (Å²) in [5.41, 5.74) is 3.56. The zero-order valence-electron chi connectivity index (χ0n) is 21.9. The summed E-state index contributed by atoms with van der Waals surface area (Å²) in [6.07, 6.45) is 1.45. The Balaban J connectivity index is 1.63. The maximum Gasteiger partial charge on any atom is 0.336 e. The Bertz CT molecular complexity index is 1330. The highest BCUT2D eigenvalue weighted by Gasteiger charge is 2.34. The summed E-state index contributed by atoms with van der Waals surface area (Å²) in [5.74, 6) is -0.694. The van der Waals surface area contributed by atoms with Crippen molar-refractivity contribution in [3.63, 3.8) is 0 Å². The van der Waals surface area contributed by atoms with Crippen LogP contribution in [0.4, 0.5) is 5.69 Å². The Morgan fingerprint density at radius 1 is 1.16 bits per heavy atom. The lowest BCUT2D eigenvalue weighted by Gasteiger charge is -2.37. The number of rotatable bonds is 8. The molecule has 0 radical (unpaired) electrons. The van der Waals surface area contributed by atoms with E-state index in [-0.39, 0.29) is 24.4 Å². The molecule has 1 fully saturated rings. The number of aryl methyl sites for hydroxylation is 1. The number of hydrogen-bond acceptors (Lipinski definition) is 7. The van der Waals surface area contributed by atoms with Gasteiger partial charge in [-0.05, 0) is 49.9 Å². The molecule has 0 aliphatic carbocycles. The average molecular weight is 507 g/mol. The van der Waals surface area contributed by atoms with Crippen molar-refractivity contribution in [1.82, 2.24) is 4.90 Å². The third kappa shape index (κ3) is 5.69. The lowest BCUT2D eigenvalue weighted by molar-refractivity contribution is -0.151.